The van der Waals surface area contributed by atoms with Crippen molar-refractivity contribution in [3.05, 3.63) is 60.7 Å². The minimum Gasteiger partial charge on any atom is -0.415 e. The smallest absolute Gasteiger partial charge is 0.415 e. The number of aliphatic hydroxyl groups excluding tert-OH is 1. The quantitative estimate of drug-likeness (QED) is 0.0252. The molecule has 0 spiro atoms. The van der Waals surface area contributed by atoms with Gasteiger partial charge in [0, 0.05) is 36.8 Å². The topological polar surface area (TPSA) is 348 Å². The molecular weight excluding hydrogens is 1020 g/mol. The number of fused-ring (bicyclic) bond motifs is 1. The number of hydrogen-bond acceptors (Lipinski definition) is 17. The van der Waals surface area contributed by atoms with Gasteiger partial charge in [-0.05, 0) is 76.3 Å². The Morgan fingerprint density at radius 2 is 1.24 bits per heavy atom. The summed E-state index contributed by atoms with van der Waals surface area (Å²) in [5.41, 5.74) is 11.0. The number of carbonyl (C=O) groups excluding carboxylic acids is 7. The zero-order chi connectivity index (χ0) is 54.3. The molecule has 75 heavy (non-hydrogen) atoms. The standard InChI is InChI=1S/C49H76N9O15PS/c1-34(74(67,72-35-12-4-2-5-13-35)73-36-14-6-3-7-15-36)53-48(65)39(32-59)56-47(64)38(19-20-42(51)60)55-46(63)37(16-10-11-22-50)54-44(62)21-24-68-26-28-70-30-31-71-29-27-69-25-23-52-43(61)18-9-8-17-41-45-40(33-75-41)57-49(66)58-45/h2-7,12-15,34,37-41,45,59H,8-11,16-33,50H2,1H3,(H2,51,60)(H,52,61)(H,53,65)(H,54,62)(H,55,63)(H,56,64)(H2,57,58,66)/t34?,37-,38-,39-,40-,41-,45-/m0/s1. The summed E-state index contributed by atoms with van der Waals surface area (Å²) in [6, 6.07) is 12.4. The maximum Gasteiger partial charge on any atom is 0.452 e. The fourth-order valence-electron chi connectivity index (χ4n) is 7.69. The lowest BCUT2D eigenvalue weighted by molar-refractivity contribution is -0.134. The van der Waals surface area contributed by atoms with E-state index < -0.39 is 67.6 Å². The van der Waals surface area contributed by atoms with Gasteiger partial charge in [0.25, 0.3) is 0 Å². The number of rotatable bonds is 40. The number of urea groups is 1. The van der Waals surface area contributed by atoms with Gasteiger partial charge in [-0.25, -0.2) is 9.36 Å². The third kappa shape index (κ3) is 23.9. The van der Waals surface area contributed by atoms with Crippen LogP contribution in [0.1, 0.15) is 71.1 Å². The Balaban J connectivity index is 1.10. The number of primary amides is 1. The van der Waals surface area contributed by atoms with Crippen LogP contribution in [-0.2, 0) is 52.3 Å². The van der Waals surface area contributed by atoms with Gasteiger partial charge in [0.1, 0.15) is 29.6 Å². The van der Waals surface area contributed by atoms with Gasteiger partial charge in [-0.1, -0.05) is 42.8 Å². The summed E-state index contributed by atoms with van der Waals surface area (Å²) >= 11 is 1.87. The molecule has 7 atom stereocenters. The molecule has 12 N–H and O–H groups in total. The monoisotopic (exact) mass is 1090 g/mol. The maximum absolute atomic E-state index is 14.2. The van der Waals surface area contributed by atoms with E-state index in [1.54, 1.807) is 60.7 Å². The molecule has 418 valence electrons. The van der Waals surface area contributed by atoms with E-state index in [2.05, 4.69) is 37.2 Å². The van der Waals surface area contributed by atoms with E-state index in [1.807, 2.05) is 11.8 Å². The molecule has 0 aromatic heterocycles. The average molecular weight is 1090 g/mol. The van der Waals surface area contributed by atoms with Gasteiger partial charge in [-0.3, -0.25) is 28.8 Å². The molecular formula is C49H76N9O15PS. The van der Waals surface area contributed by atoms with Crippen molar-refractivity contribution in [3.8, 4) is 11.5 Å². The second-order valence-corrected chi connectivity index (χ2v) is 21.2. The lowest BCUT2D eigenvalue weighted by Gasteiger charge is -2.28. The Morgan fingerprint density at radius 1 is 0.680 bits per heavy atom. The van der Waals surface area contributed by atoms with Gasteiger partial charge in [0.2, 0.25) is 35.4 Å². The number of ether oxygens (including phenoxy) is 4. The Hall–Kier alpha value is -5.53. The Morgan fingerprint density at radius 3 is 1.83 bits per heavy atom. The SMILES string of the molecule is CC(NC(=O)[C@H](CO)NC(=O)[C@H](CCC(N)=O)NC(=O)[C@H](CCCCN)NC(=O)CCOCCOCCOCCOCCNC(=O)CCCC[C@@H]1SC[C@@H]2NC(=O)N[C@@H]21)P(=O)(Oc1ccccc1)Oc1ccccc1. The van der Waals surface area contributed by atoms with Gasteiger partial charge in [0.15, 0.2) is 5.78 Å². The zero-order valence-electron chi connectivity index (χ0n) is 42.5. The van der Waals surface area contributed by atoms with Crippen LogP contribution >= 0.6 is 19.4 Å². The van der Waals surface area contributed by atoms with Crippen molar-refractivity contribution in [2.75, 3.05) is 78.3 Å². The number of carbonyl (C=O) groups is 7. The van der Waals surface area contributed by atoms with Crippen molar-refractivity contribution in [1.29, 1.82) is 0 Å². The van der Waals surface area contributed by atoms with E-state index in [0.29, 0.717) is 70.6 Å². The van der Waals surface area contributed by atoms with Crippen molar-refractivity contribution in [3.63, 3.8) is 0 Å². The molecule has 2 fully saturated rings. The van der Waals surface area contributed by atoms with Crippen LogP contribution in [0.5, 0.6) is 11.5 Å². The minimum absolute atomic E-state index is 0.0141. The van der Waals surface area contributed by atoms with Crippen molar-refractivity contribution >= 4 is 60.8 Å². The predicted molar refractivity (Wildman–Crippen MR) is 278 cm³/mol. The Kier molecular flexibility index (Phi) is 28.9. The normalized spacial score (nSPS) is 17.5. The number of aliphatic hydroxyl groups is 1. The molecule has 0 saturated carbocycles. The van der Waals surface area contributed by atoms with E-state index >= 15 is 0 Å². The molecule has 2 aromatic rings. The molecule has 8 amide bonds. The first-order valence-corrected chi connectivity index (χ1v) is 28.0. The molecule has 26 heteroatoms. The zero-order valence-corrected chi connectivity index (χ0v) is 44.3. The summed E-state index contributed by atoms with van der Waals surface area (Å²) in [7, 11) is -4.23. The fourth-order valence-corrected chi connectivity index (χ4v) is 10.7. The third-order valence-corrected chi connectivity index (χ3v) is 15.3. The molecule has 2 aliphatic heterocycles. The minimum atomic E-state index is -4.23. The molecule has 2 aliphatic rings. The molecule has 24 nitrogen and oxygen atoms in total. The van der Waals surface area contributed by atoms with Crippen LogP contribution in [-0.4, -0.2) is 166 Å². The van der Waals surface area contributed by atoms with Crippen molar-refractivity contribution in [2.45, 2.75) is 112 Å². The summed E-state index contributed by atoms with van der Waals surface area (Å²) in [6.45, 7) is 3.30. The molecule has 2 saturated heterocycles. The Bertz CT molecular complexity index is 2080. The average Bonchev–Trinajstić information content (AvgIpc) is 3.95. The first kappa shape index (κ1) is 62.0. The van der Waals surface area contributed by atoms with Crippen LogP contribution in [0, 0.1) is 0 Å². The number of hydrogen-bond donors (Lipinski definition) is 10. The van der Waals surface area contributed by atoms with E-state index in [0.717, 1.165) is 25.0 Å². The second-order valence-electron chi connectivity index (χ2n) is 17.7. The van der Waals surface area contributed by atoms with Crippen LogP contribution in [0.2, 0.25) is 0 Å². The van der Waals surface area contributed by atoms with Crippen LogP contribution in [0.3, 0.4) is 0 Å². The van der Waals surface area contributed by atoms with Gasteiger partial charge < -0.3 is 81.8 Å². The molecule has 0 radical (unpaired) electrons. The number of benzene rings is 2. The van der Waals surface area contributed by atoms with E-state index in [9.17, 15) is 43.2 Å². The molecule has 0 bridgehead atoms. The fraction of sp³-hybridized carbons (Fsp3) is 0.612. The molecule has 2 aromatic carbocycles. The summed E-state index contributed by atoms with van der Waals surface area (Å²) in [5.74, 6) is -4.00. The van der Waals surface area contributed by atoms with Gasteiger partial charge >= 0.3 is 13.6 Å². The second kappa shape index (κ2) is 34.9. The van der Waals surface area contributed by atoms with E-state index in [-0.39, 0.29) is 81.0 Å². The molecule has 1 unspecified atom stereocenters. The van der Waals surface area contributed by atoms with Crippen LogP contribution in [0.4, 0.5) is 4.79 Å². The van der Waals surface area contributed by atoms with E-state index in [4.69, 9.17) is 39.5 Å². The highest BCUT2D eigenvalue weighted by Crippen LogP contribution is 2.51. The van der Waals surface area contributed by atoms with Crippen LogP contribution < -0.4 is 57.7 Å². The third-order valence-electron chi connectivity index (χ3n) is 11.7. The van der Waals surface area contributed by atoms with Gasteiger partial charge in [-0.2, -0.15) is 11.8 Å². The highest BCUT2D eigenvalue weighted by Gasteiger charge is 2.43. The Labute approximate surface area is 442 Å². The molecule has 2 heterocycles. The largest absolute Gasteiger partial charge is 0.452 e. The number of amides is 8. The van der Waals surface area contributed by atoms with Gasteiger partial charge in [0.05, 0.1) is 71.5 Å². The van der Waals surface area contributed by atoms with Crippen molar-refractivity contribution < 1.29 is 71.2 Å². The van der Waals surface area contributed by atoms with Crippen molar-refractivity contribution in [2.24, 2.45) is 11.5 Å². The summed E-state index contributed by atoms with van der Waals surface area (Å²) in [6.07, 6.45) is 3.51. The first-order chi connectivity index (χ1) is 36.2. The number of thioether (sulfide) groups is 1. The molecule has 4 rings (SSSR count). The highest BCUT2D eigenvalue weighted by atomic mass is 32.2. The predicted octanol–water partition coefficient (Wildman–Crippen LogP) is 0.939. The summed E-state index contributed by atoms with van der Waals surface area (Å²) in [4.78, 5) is 89.3. The number of unbranched alkanes of at least 4 members (excludes halogenated alkanes) is 2. The lowest BCUT2D eigenvalue weighted by Crippen LogP contribution is -2.58. The maximum atomic E-state index is 14.2. The summed E-state index contributed by atoms with van der Waals surface area (Å²) < 4.78 is 47.9. The number of nitrogens with two attached hydrogens (primary N) is 2. The lowest BCUT2D eigenvalue weighted by atomic mass is 10.0. The number of para-hydroxylation sites is 2. The van der Waals surface area contributed by atoms with E-state index in [1.165, 1.54) is 6.92 Å². The van der Waals surface area contributed by atoms with Crippen LogP contribution in [0.15, 0.2) is 60.7 Å². The number of nitrogens with one attached hydrogen (secondary N) is 7. The van der Waals surface area contributed by atoms with Crippen molar-refractivity contribution in [1.82, 2.24) is 37.2 Å². The summed E-state index contributed by atoms with van der Waals surface area (Å²) in [5, 5.41) is 29.5. The van der Waals surface area contributed by atoms with Crippen LogP contribution in [0.25, 0.3) is 0 Å². The van der Waals surface area contributed by atoms with Gasteiger partial charge in [-0.15, -0.1) is 0 Å². The molecule has 0 aliphatic carbocycles. The first-order valence-electron chi connectivity index (χ1n) is 25.4. The highest BCUT2D eigenvalue weighted by molar-refractivity contribution is 8.00.